The molecule has 112 valence electrons. The van der Waals surface area contributed by atoms with Gasteiger partial charge in [-0.1, -0.05) is 12.8 Å². The van der Waals surface area contributed by atoms with Crippen LogP contribution in [-0.2, 0) is 14.9 Å². The van der Waals surface area contributed by atoms with Crippen molar-refractivity contribution in [3.63, 3.8) is 0 Å². The number of nitrogens with two attached hydrogens (primary N) is 1. The maximum absolute atomic E-state index is 11.8. The van der Waals surface area contributed by atoms with Crippen LogP contribution in [0.3, 0.4) is 0 Å². The minimum Gasteiger partial charge on any atom is -0.446 e. The third kappa shape index (κ3) is 5.75. The van der Waals surface area contributed by atoms with Crippen LogP contribution in [0.25, 0.3) is 0 Å². The Hall–Kier alpha value is -0.860. The van der Waals surface area contributed by atoms with Crippen molar-refractivity contribution in [3.8, 4) is 0 Å². The highest BCUT2D eigenvalue weighted by Crippen LogP contribution is 2.27. The number of amides is 1. The summed E-state index contributed by atoms with van der Waals surface area (Å²) in [4.78, 5) is 11.3. The lowest BCUT2D eigenvalue weighted by Crippen LogP contribution is -2.50. The van der Waals surface area contributed by atoms with Gasteiger partial charge in [0, 0.05) is 12.6 Å². The standard InChI is InChI=1S/C11H23N3O4S/c1-8(2)18-11(15)14-19(16,17)13-10(7-12)9-5-3-4-6-9/h8-10,13H,3-7,12H2,1-2H3,(H,14,15). The van der Waals surface area contributed by atoms with Gasteiger partial charge < -0.3 is 10.5 Å². The summed E-state index contributed by atoms with van der Waals surface area (Å²) in [7, 11) is -3.93. The molecular weight excluding hydrogens is 270 g/mol. The normalized spacial score (nSPS) is 18.5. The van der Waals surface area contributed by atoms with Gasteiger partial charge in [-0.15, -0.1) is 0 Å². The molecule has 1 rings (SSSR count). The molecule has 0 saturated heterocycles. The van der Waals surface area contributed by atoms with Gasteiger partial charge in [0.2, 0.25) is 0 Å². The first-order valence-electron chi connectivity index (χ1n) is 6.55. The fraction of sp³-hybridized carbons (Fsp3) is 0.909. The number of hydrogen-bond donors (Lipinski definition) is 3. The summed E-state index contributed by atoms with van der Waals surface area (Å²) in [6, 6.07) is -0.341. The van der Waals surface area contributed by atoms with Gasteiger partial charge >= 0.3 is 16.3 Å². The molecule has 0 spiro atoms. The molecule has 19 heavy (non-hydrogen) atoms. The molecule has 0 aromatic rings. The van der Waals surface area contributed by atoms with E-state index in [1.807, 2.05) is 4.72 Å². The van der Waals surface area contributed by atoms with E-state index >= 15 is 0 Å². The van der Waals surface area contributed by atoms with Gasteiger partial charge in [0.1, 0.15) is 0 Å². The summed E-state index contributed by atoms with van der Waals surface area (Å²) in [5, 5.41) is 0. The Balaban J connectivity index is 2.54. The van der Waals surface area contributed by atoms with Gasteiger partial charge in [-0.3, -0.25) is 0 Å². The van der Waals surface area contributed by atoms with Crippen LogP contribution in [0.5, 0.6) is 0 Å². The Morgan fingerprint density at radius 3 is 2.42 bits per heavy atom. The van der Waals surface area contributed by atoms with E-state index in [9.17, 15) is 13.2 Å². The molecule has 0 aromatic heterocycles. The summed E-state index contributed by atoms with van der Waals surface area (Å²) in [6.45, 7) is 3.49. The first kappa shape index (κ1) is 16.2. The van der Waals surface area contributed by atoms with E-state index in [0.717, 1.165) is 25.7 Å². The number of rotatable bonds is 6. The van der Waals surface area contributed by atoms with Crippen molar-refractivity contribution < 1.29 is 17.9 Å². The summed E-state index contributed by atoms with van der Waals surface area (Å²) in [5.74, 6) is 0.239. The smallest absolute Gasteiger partial charge is 0.422 e. The highest BCUT2D eigenvalue weighted by molar-refractivity contribution is 7.88. The molecule has 0 heterocycles. The van der Waals surface area contributed by atoms with Crippen molar-refractivity contribution in [3.05, 3.63) is 0 Å². The summed E-state index contributed by atoms with van der Waals surface area (Å²) in [5.41, 5.74) is 5.60. The largest absolute Gasteiger partial charge is 0.446 e. The van der Waals surface area contributed by atoms with Crippen LogP contribution in [0.4, 0.5) is 4.79 Å². The Morgan fingerprint density at radius 2 is 1.95 bits per heavy atom. The van der Waals surface area contributed by atoms with Crippen molar-refractivity contribution in [2.45, 2.75) is 51.7 Å². The van der Waals surface area contributed by atoms with Gasteiger partial charge in [-0.25, -0.2) is 9.52 Å². The topological polar surface area (TPSA) is 111 Å². The van der Waals surface area contributed by atoms with Crippen molar-refractivity contribution in [1.29, 1.82) is 0 Å². The second kappa shape index (κ2) is 7.06. The highest BCUT2D eigenvalue weighted by atomic mass is 32.2. The van der Waals surface area contributed by atoms with Crippen LogP contribution in [0.1, 0.15) is 39.5 Å². The Bertz CT molecular complexity index is 391. The minimum atomic E-state index is -3.93. The Kier molecular flexibility index (Phi) is 6.02. The van der Waals surface area contributed by atoms with Crippen molar-refractivity contribution in [2.75, 3.05) is 6.54 Å². The fourth-order valence-corrected chi connectivity index (χ4v) is 3.29. The van der Waals surface area contributed by atoms with Crippen molar-refractivity contribution >= 4 is 16.3 Å². The molecule has 1 amide bonds. The quantitative estimate of drug-likeness (QED) is 0.659. The summed E-state index contributed by atoms with van der Waals surface area (Å²) in [6.07, 6.45) is 2.74. The molecule has 1 saturated carbocycles. The second-order valence-corrected chi connectivity index (χ2v) is 6.51. The van der Waals surface area contributed by atoms with E-state index in [-0.39, 0.29) is 24.6 Å². The average Bonchev–Trinajstić information content (AvgIpc) is 2.76. The van der Waals surface area contributed by atoms with Crippen LogP contribution in [-0.4, -0.2) is 33.2 Å². The van der Waals surface area contributed by atoms with Gasteiger partial charge in [0.15, 0.2) is 0 Å². The fourth-order valence-electron chi connectivity index (χ4n) is 2.27. The van der Waals surface area contributed by atoms with Gasteiger partial charge in [-0.05, 0) is 32.6 Å². The maximum Gasteiger partial charge on any atom is 0.422 e. The Morgan fingerprint density at radius 1 is 1.37 bits per heavy atom. The van der Waals surface area contributed by atoms with Crippen LogP contribution in [0.15, 0.2) is 0 Å². The summed E-state index contributed by atoms with van der Waals surface area (Å²) >= 11 is 0. The molecule has 0 radical (unpaired) electrons. The van der Waals surface area contributed by atoms with E-state index in [1.165, 1.54) is 0 Å². The van der Waals surface area contributed by atoms with Crippen LogP contribution < -0.4 is 15.2 Å². The average molecular weight is 293 g/mol. The second-order valence-electron chi connectivity index (χ2n) is 5.06. The summed E-state index contributed by atoms with van der Waals surface area (Å²) < 4.78 is 32.5. The molecular formula is C11H23N3O4S. The van der Waals surface area contributed by atoms with E-state index in [4.69, 9.17) is 10.5 Å². The third-order valence-electron chi connectivity index (χ3n) is 3.09. The zero-order valence-electron chi connectivity index (χ0n) is 11.4. The molecule has 7 nitrogen and oxygen atoms in total. The first-order chi connectivity index (χ1) is 8.84. The van der Waals surface area contributed by atoms with E-state index in [0.29, 0.717) is 0 Å². The minimum absolute atomic E-state index is 0.213. The van der Waals surface area contributed by atoms with Gasteiger partial charge in [0.05, 0.1) is 6.10 Å². The first-order valence-corrected chi connectivity index (χ1v) is 8.03. The predicted octanol–water partition coefficient (Wildman–Crippen LogP) is 0.473. The zero-order chi connectivity index (χ0) is 14.5. The Labute approximate surface area is 114 Å². The predicted molar refractivity (Wildman–Crippen MR) is 71.6 cm³/mol. The number of carbonyl (C=O) groups is 1. The number of nitrogens with one attached hydrogen (secondary N) is 2. The molecule has 1 aliphatic carbocycles. The van der Waals surface area contributed by atoms with Crippen LogP contribution in [0, 0.1) is 5.92 Å². The lowest BCUT2D eigenvalue weighted by Gasteiger charge is -2.23. The number of carbonyl (C=O) groups excluding carboxylic acids is 1. The molecule has 4 N–H and O–H groups in total. The van der Waals surface area contributed by atoms with Crippen molar-refractivity contribution in [2.24, 2.45) is 11.7 Å². The maximum atomic E-state index is 11.8. The number of ether oxygens (including phenoxy) is 1. The monoisotopic (exact) mass is 293 g/mol. The molecule has 1 aliphatic rings. The van der Waals surface area contributed by atoms with E-state index in [1.54, 1.807) is 13.8 Å². The SMILES string of the molecule is CC(C)OC(=O)NS(=O)(=O)NC(CN)C1CCCC1. The molecule has 0 aromatic carbocycles. The third-order valence-corrected chi connectivity index (χ3v) is 4.14. The lowest BCUT2D eigenvalue weighted by atomic mass is 9.99. The van der Waals surface area contributed by atoms with Crippen molar-refractivity contribution in [1.82, 2.24) is 9.44 Å². The zero-order valence-corrected chi connectivity index (χ0v) is 12.2. The molecule has 8 heteroatoms. The highest BCUT2D eigenvalue weighted by Gasteiger charge is 2.28. The molecule has 1 atom stereocenters. The van der Waals surface area contributed by atoms with Crippen LogP contribution in [0.2, 0.25) is 0 Å². The molecule has 0 aliphatic heterocycles. The number of hydrogen-bond acceptors (Lipinski definition) is 5. The van der Waals surface area contributed by atoms with Crippen LogP contribution >= 0.6 is 0 Å². The van der Waals surface area contributed by atoms with Gasteiger partial charge in [-0.2, -0.15) is 13.1 Å². The molecule has 1 fully saturated rings. The molecule has 0 bridgehead atoms. The molecule has 1 unspecified atom stereocenters. The van der Waals surface area contributed by atoms with E-state index < -0.39 is 16.3 Å². The lowest BCUT2D eigenvalue weighted by molar-refractivity contribution is 0.121. The van der Waals surface area contributed by atoms with E-state index in [2.05, 4.69) is 4.72 Å². The van der Waals surface area contributed by atoms with Gasteiger partial charge in [0.25, 0.3) is 0 Å².